The highest BCUT2D eigenvalue weighted by molar-refractivity contribution is 7.47. The molecule has 0 aromatic rings. The van der Waals surface area contributed by atoms with Crippen LogP contribution in [-0.4, -0.2) is 96.7 Å². The summed E-state index contributed by atoms with van der Waals surface area (Å²) in [6.07, 6.45) is 40.4. The largest absolute Gasteiger partial charge is 0.472 e. The monoisotopic (exact) mass is 1240 g/mol. The molecule has 0 fully saturated rings. The zero-order chi connectivity index (χ0) is 62.2. The van der Waals surface area contributed by atoms with Gasteiger partial charge in [0.15, 0.2) is 12.2 Å². The molecule has 0 bridgehead atoms. The van der Waals surface area contributed by atoms with E-state index in [-0.39, 0.29) is 25.7 Å². The Balaban J connectivity index is 5.23. The van der Waals surface area contributed by atoms with Crippen LogP contribution < -0.4 is 0 Å². The third kappa shape index (κ3) is 59.0. The Bertz CT molecular complexity index is 1650. The van der Waals surface area contributed by atoms with E-state index in [0.717, 1.165) is 102 Å². The van der Waals surface area contributed by atoms with Gasteiger partial charge in [-0.2, -0.15) is 0 Å². The van der Waals surface area contributed by atoms with Crippen LogP contribution >= 0.6 is 15.6 Å². The lowest BCUT2D eigenvalue weighted by atomic mass is 10.0. The Morgan fingerprint density at radius 1 is 0.321 bits per heavy atom. The van der Waals surface area contributed by atoms with Gasteiger partial charge in [0.05, 0.1) is 26.4 Å². The predicted molar refractivity (Wildman–Crippen MR) is 335 cm³/mol. The molecule has 19 heteroatoms. The molecular formula is C65H126O17P2. The van der Waals surface area contributed by atoms with Crippen molar-refractivity contribution in [2.45, 2.75) is 342 Å². The Hall–Kier alpha value is -1.94. The number of aliphatic hydroxyl groups excluding tert-OH is 1. The second kappa shape index (κ2) is 57.5. The summed E-state index contributed by atoms with van der Waals surface area (Å²) in [6, 6.07) is 0. The van der Waals surface area contributed by atoms with Crippen LogP contribution in [0, 0.1) is 11.8 Å². The number of carbonyl (C=O) groups is 4. The summed E-state index contributed by atoms with van der Waals surface area (Å²) >= 11 is 0. The van der Waals surface area contributed by atoms with Crippen LogP contribution in [-0.2, 0) is 65.4 Å². The first-order valence-electron chi connectivity index (χ1n) is 34.0. The average Bonchev–Trinajstić information content (AvgIpc) is 3.45. The molecule has 0 aliphatic heterocycles. The topological polar surface area (TPSA) is 237 Å². The van der Waals surface area contributed by atoms with Crippen molar-refractivity contribution in [3.63, 3.8) is 0 Å². The zero-order valence-electron chi connectivity index (χ0n) is 54.2. The van der Waals surface area contributed by atoms with Crippen molar-refractivity contribution in [3.8, 4) is 0 Å². The molecule has 0 aliphatic rings. The molecule has 5 atom stereocenters. The number of hydrogen-bond acceptors (Lipinski definition) is 15. The first kappa shape index (κ1) is 82.1. The first-order valence-corrected chi connectivity index (χ1v) is 37.0. The molecular weight excluding hydrogens is 1110 g/mol. The van der Waals surface area contributed by atoms with Crippen molar-refractivity contribution in [1.82, 2.24) is 0 Å². The van der Waals surface area contributed by atoms with Crippen molar-refractivity contribution in [2.75, 3.05) is 39.6 Å². The van der Waals surface area contributed by atoms with Crippen molar-refractivity contribution in [1.29, 1.82) is 0 Å². The molecule has 0 heterocycles. The molecule has 0 saturated heterocycles. The standard InChI is InChI=1S/C65H126O17P2/c1-7-9-11-13-15-17-18-21-24-30-36-42-48-63(68)76-54-60(81-64(69)49-43-37-31-25-22-19-20-23-27-33-39-45-57(3)4)55-79-83(71,72)77-51-59(66)52-78-84(73,74)80-56-61(53-75-62(67)47-41-35-29-16-14-12-10-8-2)82-65(70)50-44-38-32-26-28-34-40-46-58(5)6/h57-61,66H,7-56H2,1-6H3,(H,71,72)(H,73,74)/t59-,60-,61-/m1/s1. The van der Waals surface area contributed by atoms with Crippen molar-refractivity contribution in [2.24, 2.45) is 11.8 Å². The number of phosphoric acid groups is 2. The molecule has 0 aliphatic carbocycles. The van der Waals surface area contributed by atoms with Crippen LogP contribution in [0.25, 0.3) is 0 Å². The molecule has 0 rings (SSSR count). The minimum absolute atomic E-state index is 0.103. The highest BCUT2D eigenvalue weighted by atomic mass is 31.2. The lowest BCUT2D eigenvalue weighted by Crippen LogP contribution is -2.30. The van der Waals surface area contributed by atoms with Gasteiger partial charge in [-0.3, -0.25) is 37.3 Å². The molecule has 2 unspecified atom stereocenters. The van der Waals surface area contributed by atoms with Crippen LogP contribution in [0.15, 0.2) is 0 Å². The fraction of sp³-hybridized carbons (Fsp3) is 0.938. The molecule has 0 aromatic carbocycles. The van der Waals surface area contributed by atoms with E-state index in [0.29, 0.717) is 31.6 Å². The van der Waals surface area contributed by atoms with Crippen molar-refractivity contribution >= 4 is 39.5 Å². The molecule has 0 saturated carbocycles. The van der Waals surface area contributed by atoms with Gasteiger partial charge in [0.1, 0.15) is 19.3 Å². The zero-order valence-corrected chi connectivity index (χ0v) is 56.0. The van der Waals surface area contributed by atoms with E-state index in [4.69, 9.17) is 37.0 Å². The van der Waals surface area contributed by atoms with E-state index in [9.17, 15) is 43.2 Å². The number of hydrogen-bond donors (Lipinski definition) is 3. The Morgan fingerprint density at radius 2 is 0.548 bits per heavy atom. The lowest BCUT2D eigenvalue weighted by Gasteiger charge is -2.21. The van der Waals surface area contributed by atoms with E-state index in [1.165, 1.54) is 135 Å². The number of carbonyl (C=O) groups excluding carboxylic acids is 4. The quantitative estimate of drug-likeness (QED) is 0.0222. The van der Waals surface area contributed by atoms with Gasteiger partial charge in [-0.15, -0.1) is 0 Å². The summed E-state index contributed by atoms with van der Waals surface area (Å²) in [5.41, 5.74) is 0. The van der Waals surface area contributed by atoms with Gasteiger partial charge in [0.25, 0.3) is 0 Å². The van der Waals surface area contributed by atoms with E-state index >= 15 is 0 Å². The number of phosphoric ester groups is 2. The summed E-state index contributed by atoms with van der Waals surface area (Å²) in [7, 11) is -9.89. The number of esters is 4. The van der Waals surface area contributed by atoms with Gasteiger partial charge >= 0.3 is 39.5 Å². The molecule has 0 radical (unpaired) electrons. The third-order valence-electron chi connectivity index (χ3n) is 15.0. The molecule has 0 aromatic heterocycles. The van der Waals surface area contributed by atoms with Gasteiger partial charge in [-0.25, -0.2) is 9.13 Å². The summed E-state index contributed by atoms with van der Waals surface area (Å²) in [4.78, 5) is 72.2. The van der Waals surface area contributed by atoms with Gasteiger partial charge in [-0.1, -0.05) is 273 Å². The van der Waals surface area contributed by atoms with Crippen molar-refractivity contribution in [3.05, 3.63) is 0 Å². The molecule has 84 heavy (non-hydrogen) atoms. The molecule has 17 nitrogen and oxygen atoms in total. The number of rotatable bonds is 64. The lowest BCUT2D eigenvalue weighted by molar-refractivity contribution is -0.161. The summed E-state index contributed by atoms with van der Waals surface area (Å²) in [5.74, 6) is -0.674. The van der Waals surface area contributed by atoms with E-state index in [1.807, 2.05) is 0 Å². The fourth-order valence-electron chi connectivity index (χ4n) is 9.71. The van der Waals surface area contributed by atoms with Crippen LogP contribution in [0.4, 0.5) is 0 Å². The molecule has 3 N–H and O–H groups in total. The second-order valence-electron chi connectivity index (χ2n) is 24.5. The van der Waals surface area contributed by atoms with E-state index in [2.05, 4.69) is 41.5 Å². The summed E-state index contributed by atoms with van der Waals surface area (Å²) < 4.78 is 68.0. The number of aliphatic hydroxyl groups is 1. The number of ether oxygens (including phenoxy) is 4. The third-order valence-corrected chi connectivity index (χ3v) is 16.9. The highest BCUT2D eigenvalue weighted by Crippen LogP contribution is 2.45. The molecule has 0 amide bonds. The Labute approximate surface area is 511 Å². The van der Waals surface area contributed by atoms with E-state index < -0.39 is 97.5 Å². The Morgan fingerprint density at radius 3 is 0.810 bits per heavy atom. The normalized spacial score (nSPS) is 14.3. The van der Waals surface area contributed by atoms with Gasteiger partial charge in [0.2, 0.25) is 0 Å². The van der Waals surface area contributed by atoms with Gasteiger partial charge < -0.3 is 33.8 Å². The van der Waals surface area contributed by atoms with Crippen LogP contribution in [0.3, 0.4) is 0 Å². The van der Waals surface area contributed by atoms with Gasteiger partial charge in [-0.05, 0) is 37.5 Å². The average molecular weight is 1240 g/mol. The maximum absolute atomic E-state index is 13.0. The maximum Gasteiger partial charge on any atom is 0.472 e. The highest BCUT2D eigenvalue weighted by Gasteiger charge is 2.30. The maximum atomic E-state index is 13.0. The Kier molecular flexibility index (Phi) is 56.2. The van der Waals surface area contributed by atoms with Crippen LogP contribution in [0.2, 0.25) is 0 Å². The number of unbranched alkanes of at least 4 members (excludes halogenated alkanes) is 34. The predicted octanol–water partition coefficient (Wildman–Crippen LogP) is 18.0. The smallest absolute Gasteiger partial charge is 0.462 e. The van der Waals surface area contributed by atoms with Gasteiger partial charge in [0, 0.05) is 25.7 Å². The minimum atomic E-state index is -4.95. The van der Waals surface area contributed by atoms with Crippen LogP contribution in [0.5, 0.6) is 0 Å². The van der Waals surface area contributed by atoms with Crippen molar-refractivity contribution < 1.29 is 80.2 Å². The molecule has 498 valence electrons. The second-order valence-corrected chi connectivity index (χ2v) is 27.4. The van der Waals surface area contributed by atoms with E-state index in [1.54, 1.807) is 0 Å². The first-order chi connectivity index (χ1) is 40.4. The molecule has 0 spiro atoms. The van der Waals surface area contributed by atoms with Crippen LogP contribution in [0.1, 0.15) is 324 Å². The minimum Gasteiger partial charge on any atom is -0.462 e. The fourth-order valence-corrected chi connectivity index (χ4v) is 11.3. The summed E-state index contributed by atoms with van der Waals surface area (Å²) in [6.45, 7) is 9.42. The SMILES string of the molecule is CCCCCCCCCCCCCCC(=O)OC[C@H](COP(=O)(O)OC[C@@H](O)COP(=O)(O)OC[C@@H](COC(=O)CCCCCCCCCC)OC(=O)CCCCCCCCCC(C)C)OC(=O)CCCCCCCCCCCCCC(C)C. The summed E-state index contributed by atoms with van der Waals surface area (Å²) in [5, 5.41) is 10.5.